The number of thiophene rings is 1. The number of hydrogen-bond donors (Lipinski definition) is 1. The smallest absolute Gasteiger partial charge is 0.311 e. The molecule has 2 aromatic rings. The Labute approximate surface area is 122 Å². The molecule has 7 heteroatoms. The molecule has 0 aliphatic rings. The summed E-state index contributed by atoms with van der Waals surface area (Å²) in [4.78, 5) is 0.958. The highest BCUT2D eigenvalue weighted by atomic mass is 35.5. The lowest BCUT2D eigenvalue weighted by Gasteiger charge is -2.06. The molecule has 0 bridgehead atoms. The molecule has 1 aromatic heterocycles. The van der Waals surface area contributed by atoms with Gasteiger partial charge in [-0.1, -0.05) is 29.8 Å². The first-order valence-electron chi connectivity index (χ1n) is 5.54. The molecule has 0 unspecified atom stereocenters. The number of benzene rings is 1. The van der Waals surface area contributed by atoms with Gasteiger partial charge in [-0.3, -0.25) is 0 Å². The molecule has 1 nitrogen and oxygen atoms in total. The van der Waals surface area contributed by atoms with E-state index in [1.807, 2.05) is 24.3 Å². The molecule has 0 amide bonds. The van der Waals surface area contributed by atoms with Gasteiger partial charge < -0.3 is 5.32 Å². The van der Waals surface area contributed by atoms with E-state index in [1.54, 1.807) is 11.3 Å². The summed E-state index contributed by atoms with van der Waals surface area (Å²) >= 11 is 7.78. The molecule has 1 aromatic carbocycles. The van der Waals surface area contributed by atoms with E-state index < -0.39 is 5.51 Å². The van der Waals surface area contributed by atoms with Crippen molar-refractivity contribution in [3.63, 3.8) is 0 Å². The lowest BCUT2D eigenvalue weighted by molar-refractivity contribution is -0.0327. The van der Waals surface area contributed by atoms with Crippen molar-refractivity contribution in [2.24, 2.45) is 0 Å². The van der Waals surface area contributed by atoms with Crippen LogP contribution in [0.5, 0.6) is 0 Å². The fraction of sp³-hybridized carbons (Fsp3) is 0.333. The average molecular weight is 326 g/mol. The molecule has 1 N–H and O–H groups in total. The highest BCUT2D eigenvalue weighted by Gasteiger charge is 2.27. The van der Waals surface area contributed by atoms with Gasteiger partial charge in [-0.05, 0) is 17.8 Å². The van der Waals surface area contributed by atoms with Crippen LogP contribution in [0.1, 0.15) is 4.88 Å². The van der Waals surface area contributed by atoms with Crippen LogP contribution in [-0.2, 0) is 6.54 Å². The Morgan fingerprint density at radius 1 is 1.26 bits per heavy atom. The maximum atomic E-state index is 11.9. The van der Waals surface area contributed by atoms with Gasteiger partial charge in [0.05, 0.1) is 5.02 Å². The quantitative estimate of drug-likeness (QED) is 0.785. The second kappa shape index (κ2) is 6.35. The van der Waals surface area contributed by atoms with E-state index in [-0.39, 0.29) is 17.5 Å². The third-order valence-electron chi connectivity index (χ3n) is 2.43. The molecule has 0 fully saturated rings. The molecule has 19 heavy (non-hydrogen) atoms. The van der Waals surface area contributed by atoms with Crippen LogP contribution in [-0.4, -0.2) is 17.8 Å². The van der Waals surface area contributed by atoms with Gasteiger partial charge in [-0.25, -0.2) is 0 Å². The predicted octanol–water partition coefficient (Wildman–Crippen LogP) is 4.90. The van der Waals surface area contributed by atoms with Gasteiger partial charge in [0.15, 0.2) is 0 Å². The second-order valence-electron chi connectivity index (χ2n) is 3.81. The van der Waals surface area contributed by atoms with Gasteiger partial charge in [0.25, 0.3) is 0 Å². The molecule has 0 aliphatic carbocycles. The number of thioether (sulfide) groups is 1. The van der Waals surface area contributed by atoms with Crippen LogP contribution < -0.4 is 5.32 Å². The first kappa shape index (κ1) is 15.0. The van der Waals surface area contributed by atoms with Crippen molar-refractivity contribution in [2.75, 3.05) is 12.3 Å². The van der Waals surface area contributed by atoms with Gasteiger partial charge in [-0.2, -0.15) is 13.2 Å². The molecular weight excluding hydrogens is 315 g/mol. The molecule has 0 atom stereocenters. The molecular formula is C12H11ClF3NS2. The van der Waals surface area contributed by atoms with Crippen LogP contribution in [0.25, 0.3) is 10.1 Å². The zero-order valence-corrected chi connectivity index (χ0v) is 12.1. The second-order valence-corrected chi connectivity index (χ2v) is 6.48. The molecule has 104 valence electrons. The minimum absolute atomic E-state index is 0.00597. The van der Waals surface area contributed by atoms with Gasteiger partial charge in [0, 0.05) is 33.8 Å². The van der Waals surface area contributed by atoms with Crippen molar-refractivity contribution < 1.29 is 13.2 Å². The number of hydrogen-bond acceptors (Lipinski definition) is 3. The van der Waals surface area contributed by atoms with E-state index >= 15 is 0 Å². The van der Waals surface area contributed by atoms with Crippen LogP contribution >= 0.6 is 34.7 Å². The summed E-state index contributed by atoms with van der Waals surface area (Å²) in [6, 6.07) is 7.77. The van der Waals surface area contributed by atoms with E-state index in [2.05, 4.69) is 5.32 Å². The molecule has 0 aliphatic heterocycles. The zero-order valence-electron chi connectivity index (χ0n) is 9.76. The number of rotatable bonds is 5. The van der Waals surface area contributed by atoms with Crippen molar-refractivity contribution >= 4 is 44.8 Å². The van der Waals surface area contributed by atoms with E-state index in [0.29, 0.717) is 18.1 Å². The third-order valence-corrected chi connectivity index (χ3v) is 4.88. The highest BCUT2D eigenvalue weighted by Crippen LogP contribution is 2.35. The Hall–Kier alpha value is -0.430. The Bertz CT molecular complexity index is 553. The summed E-state index contributed by atoms with van der Waals surface area (Å²) in [5.74, 6) is 0.00597. The van der Waals surface area contributed by atoms with E-state index in [4.69, 9.17) is 11.6 Å². The number of nitrogens with one attached hydrogen (secondary N) is 1. The summed E-state index contributed by atoms with van der Waals surface area (Å²) in [7, 11) is 0. The van der Waals surface area contributed by atoms with Crippen LogP contribution in [0, 0.1) is 0 Å². The van der Waals surface area contributed by atoms with Gasteiger partial charge in [0.1, 0.15) is 0 Å². The summed E-state index contributed by atoms with van der Waals surface area (Å²) < 4.78 is 36.9. The Kier molecular flexibility index (Phi) is 5.00. The van der Waals surface area contributed by atoms with Crippen LogP contribution in [0.3, 0.4) is 0 Å². The van der Waals surface area contributed by atoms with Gasteiger partial charge in [-0.15, -0.1) is 11.3 Å². The van der Waals surface area contributed by atoms with Crippen LogP contribution in [0.15, 0.2) is 24.3 Å². The van der Waals surface area contributed by atoms with Crippen LogP contribution in [0.2, 0.25) is 5.02 Å². The van der Waals surface area contributed by atoms with Crippen LogP contribution in [0.4, 0.5) is 13.2 Å². The van der Waals surface area contributed by atoms with Crippen molar-refractivity contribution in [3.8, 4) is 0 Å². The van der Waals surface area contributed by atoms with E-state index in [9.17, 15) is 13.2 Å². The number of alkyl halides is 3. The third kappa shape index (κ3) is 4.27. The fourth-order valence-electron chi connectivity index (χ4n) is 1.62. The first-order chi connectivity index (χ1) is 8.97. The zero-order chi connectivity index (χ0) is 13.9. The maximum absolute atomic E-state index is 11.9. The molecule has 0 spiro atoms. The summed E-state index contributed by atoms with van der Waals surface area (Å²) in [6.45, 7) is 0.797. The molecule has 0 radical (unpaired) electrons. The normalized spacial score (nSPS) is 12.2. The van der Waals surface area contributed by atoms with Gasteiger partial charge in [0.2, 0.25) is 0 Å². The topological polar surface area (TPSA) is 12.0 Å². The predicted molar refractivity (Wildman–Crippen MR) is 77.1 cm³/mol. The van der Waals surface area contributed by atoms with Gasteiger partial charge >= 0.3 is 5.51 Å². The van der Waals surface area contributed by atoms with Crippen molar-refractivity contribution in [2.45, 2.75) is 12.1 Å². The summed E-state index contributed by atoms with van der Waals surface area (Å²) in [6.07, 6.45) is 0. The number of halogens is 4. The SMILES string of the molecule is FC(F)(F)SCCNCc1sc2ccccc2c1Cl. The van der Waals surface area contributed by atoms with E-state index in [0.717, 1.165) is 15.0 Å². The lowest BCUT2D eigenvalue weighted by atomic mass is 10.2. The molecule has 0 saturated heterocycles. The standard InChI is InChI=1S/C12H11ClF3NS2/c13-11-8-3-1-2-4-9(8)19-10(11)7-17-5-6-18-12(14,15)16/h1-4,17H,5-7H2. The maximum Gasteiger partial charge on any atom is 0.441 e. The molecule has 1 heterocycles. The Morgan fingerprint density at radius 2 is 2.00 bits per heavy atom. The Morgan fingerprint density at radius 3 is 2.68 bits per heavy atom. The first-order valence-corrected chi connectivity index (χ1v) is 7.73. The summed E-state index contributed by atoms with van der Waals surface area (Å²) in [5, 5.41) is 4.67. The Balaban J connectivity index is 1.87. The monoisotopic (exact) mass is 325 g/mol. The largest absolute Gasteiger partial charge is 0.441 e. The minimum Gasteiger partial charge on any atom is -0.311 e. The molecule has 2 rings (SSSR count). The van der Waals surface area contributed by atoms with Crippen molar-refractivity contribution in [1.82, 2.24) is 5.32 Å². The van der Waals surface area contributed by atoms with Crippen molar-refractivity contribution in [3.05, 3.63) is 34.2 Å². The molecule has 0 saturated carbocycles. The van der Waals surface area contributed by atoms with E-state index in [1.165, 1.54) is 0 Å². The average Bonchev–Trinajstić information content (AvgIpc) is 2.65. The number of fused-ring (bicyclic) bond motifs is 1. The minimum atomic E-state index is -4.16. The van der Waals surface area contributed by atoms with Crippen molar-refractivity contribution in [1.29, 1.82) is 0 Å². The fourth-order valence-corrected chi connectivity index (χ4v) is 3.57. The highest BCUT2D eigenvalue weighted by molar-refractivity contribution is 8.00. The lowest BCUT2D eigenvalue weighted by Crippen LogP contribution is -2.17. The summed E-state index contributed by atoms with van der Waals surface area (Å²) in [5.41, 5.74) is -4.16.